The molecule has 2 fully saturated rings. The van der Waals surface area contributed by atoms with Crippen LogP contribution in [0.25, 0.3) is 0 Å². The van der Waals surface area contributed by atoms with Gasteiger partial charge in [-0.05, 0) is 87.2 Å². The lowest BCUT2D eigenvalue weighted by Gasteiger charge is -2.47. The zero-order valence-electron chi connectivity index (χ0n) is 21.6. The van der Waals surface area contributed by atoms with Crippen molar-refractivity contribution in [1.29, 1.82) is 0 Å². The van der Waals surface area contributed by atoms with Crippen LogP contribution in [-0.4, -0.2) is 5.78 Å². The lowest BCUT2D eigenvalue weighted by Crippen LogP contribution is -2.41. The maximum atomic E-state index is 13.1. The van der Waals surface area contributed by atoms with Gasteiger partial charge in [-0.25, -0.2) is 0 Å². The molecule has 0 aliphatic heterocycles. The molecule has 0 bridgehead atoms. The standard InChI is InChI=1S/C33H46O/c1-27-14-13-20-31(26-27)33(30-18-10-3-2-4-11-19-30)24-22-29(23-25-33)32(34)21-12-6-9-17-28-15-7-5-8-16-28/h5,7-8,13-16,20,26,29-30H,2-4,6,9-12,17-19,21-25H2,1H3. The third-order valence-corrected chi connectivity index (χ3v) is 9.04. The van der Waals surface area contributed by atoms with Crippen molar-refractivity contribution in [1.82, 2.24) is 0 Å². The topological polar surface area (TPSA) is 17.1 Å². The normalized spacial score (nSPS) is 24.3. The predicted octanol–water partition coefficient (Wildman–Crippen LogP) is 9.16. The molecule has 4 rings (SSSR count). The molecule has 0 heterocycles. The second-order valence-corrected chi connectivity index (χ2v) is 11.4. The third kappa shape index (κ3) is 6.61. The maximum Gasteiger partial charge on any atom is 0.135 e. The lowest BCUT2D eigenvalue weighted by atomic mass is 9.57. The highest BCUT2D eigenvalue weighted by Crippen LogP contribution is 2.51. The van der Waals surface area contributed by atoms with Crippen LogP contribution in [0.5, 0.6) is 0 Å². The summed E-state index contributed by atoms with van der Waals surface area (Å²) in [5.41, 5.74) is 4.68. The third-order valence-electron chi connectivity index (χ3n) is 9.04. The number of hydrogen-bond donors (Lipinski definition) is 0. The number of ketones is 1. The molecule has 0 aromatic heterocycles. The van der Waals surface area contributed by atoms with Crippen LogP contribution >= 0.6 is 0 Å². The van der Waals surface area contributed by atoms with Crippen LogP contribution in [0.2, 0.25) is 0 Å². The molecule has 0 spiro atoms. The number of aryl methyl sites for hydroxylation is 2. The van der Waals surface area contributed by atoms with Crippen LogP contribution < -0.4 is 0 Å². The lowest BCUT2D eigenvalue weighted by molar-refractivity contribution is -0.124. The van der Waals surface area contributed by atoms with Gasteiger partial charge in [0.2, 0.25) is 0 Å². The number of carbonyl (C=O) groups excluding carboxylic acids is 1. The van der Waals surface area contributed by atoms with Gasteiger partial charge >= 0.3 is 0 Å². The molecule has 1 nitrogen and oxygen atoms in total. The van der Waals surface area contributed by atoms with Crippen molar-refractivity contribution in [2.45, 2.75) is 115 Å². The van der Waals surface area contributed by atoms with Gasteiger partial charge in [-0.15, -0.1) is 0 Å². The summed E-state index contributed by atoms with van der Waals surface area (Å²) in [6.45, 7) is 2.24. The Kier molecular flexibility index (Phi) is 9.42. The minimum Gasteiger partial charge on any atom is -0.299 e. The first-order valence-electron chi connectivity index (χ1n) is 14.3. The first-order valence-corrected chi connectivity index (χ1v) is 14.3. The van der Waals surface area contributed by atoms with Gasteiger partial charge in [-0.3, -0.25) is 4.79 Å². The summed E-state index contributed by atoms with van der Waals surface area (Å²) >= 11 is 0. The molecule has 184 valence electrons. The smallest absolute Gasteiger partial charge is 0.135 e. The molecule has 0 unspecified atom stereocenters. The fraction of sp³-hybridized carbons (Fsp3) is 0.606. The molecule has 34 heavy (non-hydrogen) atoms. The molecule has 2 aliphatic rings. The summed E-state index contributed by atoms with van der Waals surface area (Å²) in [7, 11) is 0. The Labute approximate surface area is 208 Å². The van der Waals surface area contributed by atoms with E-state index in [1.807, 2.05) is 0 Å². The minimum atomic E-state index is 0.301. The monoisotopic (exact) mass is 458 g/mol. The fourth-order valence-electron chi connectivity index (χ4n) is 7.00. The fourth-order valence-corrected chi connectivity index (χ4v) is 7.00. The van der Waals surface area contributed by atoms with Gasteiger partial charge in [0.1, 0.15) is 5.78 Å². The van der Waals surface area contributed by atoms with E-state index in [1.165, 1.54) is 81.8 Å². The highest BCUT2D eigenvalue weighted by Gasteiger charge is 2.43. The van der Waals surface area contributed by atoms with Gasteiger partial charge in [0.05, 0.1) is 0 Å². The molecule has 0 atom stereocenters. The molecule has 0 amide bonds. The van der Waals surface area contributed by atoms with Crippen molar-refractivity contribution >= 4 is 5.78 Å². The van der Waals surface area contributed by atoms with Gasteiger partial charge in [0.25, 0.3) is 0 Å². The Morgan fingerprint density at radius 2 is 1.50 bits per heavy atom. The van der Waals surface area contributed by atoms with E-state index < -0.39 is 0 Å². The van der Waals surface area contributed by atoms with E-state index in [4.69, 9.17) is 0 Å². The highest BCUT2D eigenvalue weighted by molar-refractivity contribution is 5.81. The van der Waals surface area contributed by atoms with Crippen molar-refractivity contribution < 1.29 is 4.79 Å². The summed E-state index contributed by atoms with van der Waals surface area (Å²) in [5, 5.41) is 0. The average molecular weight is 459 g/mol. The van der Waals surface area contributed by atoms with Crippen molar-refractivity contribution in [2.24, 2.45) is 11.8 Å². The Morgan fingerprint density at radius 3 is 2.21 bits per heavy atom. The molecule has 1 heteroatoms. The molecule has 0 N–H and O–H groups in total. The molecule has 0 saturated heterocycles. The zero-order valence-corrected chi connectivity index (χ0v) is 21.6. The van der Waals surface area contributed by atoms with E-state index >= 15 is 0 Å². The Hall–Kier alpha value is -1.89. The molecule has 0 radical (unpaired) electrons. The molecule has 2 aromatic carbocycles. The van der Waals surface area contributed by atoms with E-state index in [1.54, 1.807) is 5.56 Å². The van der Waals surface area contributed by atoms with Gasteiger partial charge in [-0.1, -0.05) is 98.7 Å². The Balaban J connectivity index is 1.32. The van der Waals surface area contributed by atoms with Gasteiger partial charge in [0.15, 0.2) is 0 Å². The second-order valence-electron chi connectivity index (χ2n) is 11.4. The van der Waals surface area contributed by atoms with Crippen LogP contribution in [0.4, 0.5) is 0 Å². The summed E-state index contributed by atoms with van der Waals surface area (Å²) in [5.74, 6) is 1.65. The number of rotatable bonds is 9. The summed E-state index contributed by atoms with van der Waals surface area (Å²) in [6, 6.07) is 20.1. The van der Waals surface area contributed by atoms with Crippen LogP contribution in [-0.2, 0) is 16.6 Å². The molecule has 2 aromatic rings. The molecular formula is C33H46O. The summed E-state index contributed by atoms with van der Waals surface area (Å²) in [6.07, 6.45) is 19.8. The molecular weight excluding hydrogens is 412 g/mol. The van der Waals surface area contributed by atoms with E-state index in [0.717, 1.165) is 38.0 Å². The van der Waals surface area contributed by atoms with Crippen LogP contribution in [0, 0.1) is 18.8 Å². The quantitative estimate of drug-likeness (QED) is 0.342. The first kappa shape index (κ1) is 25.2. The van der Waals surface area contributed by atoms with Crippen molar-refractivity contribution in [3.63, 3.8) is 0 Å². The summed E-state index contributed by atoms with van der Waals surface area (Å²) in [4.78, 5) is 13.1. The maximum absolute atomic E-state index is 13.1. The van der Waals surface area contributed by atoms with Crippen LogP contribution in [0.15, 0.2) is 54.6 Å². The second kappa shape index (κ2) is 12.7. The van der Waals surface area contributed by atoms with Crippen LogP contribution in [0.1, 0.15) is 113 Å². The number of hydrogen-bond acceptors (Lipinski definition) is 1. The van der Waals surface area contributed by atoms with E-state index in [0.29, 0.717) is 17.1 Å². The van der Waals surface area contributed by atoms with Gasteiger partial charge < -0.3 is 0 Å². The zero-order chi connectivity index (χ0) is 23.6. The minimum absolute atomic E-state index is 0.301. The predicted molar refractivity (Wildman–Crippen MR) is 144 cm³/mol. The number of benzene rings is 2. The number of carbonyl (C=O) groups is 1. The molecule has 2 saturated carbocycles. The van der Waals surface area contributed by atoms with Gasteiger partial charge in [-0.2, -0.15) is 0 Å². The largest absolute Gasteiger partial charge is 0.299 e. The van der Waals surface area contributed by atoms with E-state index in [9.17, 15) is 4.79 Å². The van der Waals surface area contributed by atoms with Crippen molar-refractivity contribution in [3.05, 3.63) is 71.3 Å². The first-order chi connectivity index (χ1) is 16.7. The molecule has 2 aliphatic carbocycles. The SMILES string of the molecule is Cc1cccc(C2(C3CCCCCCC3)CCC(C(=O)CCCCCc3ccccc3)CC2)c1. The van der Waals surface area contributed by atoms with E-state index in [2.05, 4.69) is 61.5 Å². The Bertz CT molecular complexity index is 866. The van der Waals surface area contributed by atoms with Gasteiger partial charge in [0, 0.05) is 12.3 Å². The average Bonchev–Trinajstić information content (AvgIpc) is 2.84. The number of Topliss-reactive ketones (excluding diaryl/α,β-unsaturated/α-hetero) is 1. The van der Waals surface area contributed by atoms with E-state index in [-0.39, 0.29) is 0 Å². The number of unbranched alkanes of at least 4 members (excludes halogenated alkanes) is 2. The van der Waals surface area contributed by atoms with Crippen LogP contribution in [0.3, 0.4) is 0 Å². The van der Waals surface area contributed by atoms with Crippen molar-refractivity contribution in [2.75, 3.05) is 0 Å². The summed E-state index contributed by atoms with van der Waals surface area (Å²) < 4.78 is 0. The highest BCUT2D eigenvalue weighted by atomic mass is 16.1. The van der Waals surface area contributed by atoms with Crippen molar-refractivity contribution in [3.8, 4) is 0 Å². The Morgan fingerprint density at radius 1 is 0.794 bits per heavy atom.